The van der Waals surface area contributed by atoms with Crippen molar-refractivity contribution in [2.45, 2.75) is 63.2 Å². The summed E-state index contributed by atoms with van der Waals surface area (Å²) in [6.07, 6.45) is 6.07. The molecule has 1 unspecified atom stereocenters. The zero-order valence-corrected chi connectivity index (χ0v) is 16.8. The Hall–Kier alpha value is -1.68. The van der Waals surface area contributed by atoms with E-state index in [1.165, 1.54) is 16.1 Å². The number of thiazole rings is 1. The van der Waals surface area contributed by atoms with Crippen LogP contribution in [-0.4, -0.2) is 28.9 Å². The normalized spacial score (nSPS) is 22.3. The third-order valence-corrected chi connectivity index (χ3v) is 6.91. The van der Waals surface area contributed by atoms with E-state index >= 15 is 0 Å². The van der Waals surface area contributed by atoms with Gasteiger partial charge < -0.3 is 4.90 Å². The van der Waals surface area contributed by atoms with Crippen molar-refractivity contribution >= 4 is 17.2 Å². The van der Waals surface area contributed by atoms with Gasteiger partial charge in [-0.2, -0.15) is 0 Å². The number of nitrogens with zero attached hydrogens (tertiary/aromatic N) is 2. The van der Waals surface area contributed by atoms with Crippen LogP contribution in [0.1, 0.15) is 68.5 Å². The highest BCUT2D eigenvalue weighted by Gasteiger charge is 2.53. The lowest BCUT2D eigenvalue weighted by Gasteiger charge is -2.34. The molecule has 1 aromatic carbocycles. The molecule has 4 heteroatoms. The van der Waals surface area contributed by atoms with Crippen molar-refractivity contribution in [2.24, 2.45) is 0 Å². The molecule has 1 amide bonds. The van der Waals surface area contributed by atoms with E-state index in [9.17, 15) is 4.79 Å². The summed E-state index contributed by atoms with van der Waals surface area (Å²) in [6, 6.07) is 8.79. The number of hydrogen-bond donors (Lipinski definition) is 0. The Morgan fingerprint density at radius 3 is 2.54 bits per heavy atom. The Labute approximate surface area is 160 Å². The van der Waals surface area contributed by atoms with E-state index in [1.54, 1.807) is 11.3 Å². The van der Waals surface area contributed by atoms with Gasteiger partial charge in [-0.05, 0) is 42.2 Å². The molecule has 2 fully saturated rings. The van der Waals surface area contributed by atoms with Crippen LogP contribution in [0.2, 0.25) is 0 Å². The SMILES string of the molecule is CC(C)(C)c1ccc(C2(C(=O)N3CCCC(c4nccs4)C3)CC2)cc1. The van der Waals surface area contributed by atoms with E-state index in [4.69, 9.17) is 0 Å². The molecule has 3 nitrogen and oxygen atoms in total. The number of aromatic nitrogens is 1. The average Bonchev–Trinajstić information content (AvgIpc) is 3.26. The van der Waals surface area contributed by atoms with Gasteiger partial charge >= 0.3 is 0 Å². The van der Waals surface area contributed by atoms with Gasteiger partial charge in [0.15, 0.2) is 0 Å². The number of rotatable bonds is 3. The van der Waals surface area contributed by atoms with Gasteiger partial charge in [0.25, 0.3) is 0 Å². The topological polar surface area (TPSA) is 33.2 Å². The zero-order chi connectivity index (χ0) is 18.4. The highest BCUT2D eigenvalue weighted by atomic mass is 32.1. The number of benzene rings is 1. The molecule has 26 heavy (non-hydrogen) atoms. The zero-order valence-electron chi connectivity index (χ0n) is 16.0. The molecule has 0 spiro atoms. The van der Waals surface area contributed by atoms with Gasteiger partial charge in [0.1, 0.15) is 0 Å². The molecule has 0 bridgehead atoms. The maximum Gasteiger partial charge on any atom is 0.233 e. The fraction of sp³-hybridized carbons (Fsp3) is 0.545. The van der Waals surface area contributed by atoms with Crippen LogP contribution in [0.15, 0.2) is 35.8 Å². The van der Waals surface area contributed by atoms with Gasteiger partial charge in [0, 0.05) is 30.6 Å². The predicted octanol–water partition coefficient (Wildman–Crippen LogP) is 4.88. The summed E-state index contributed by atoms with van der Waals surface area (Å²) in [7, 11) is 0. The lowest BCUT2D eigenvalue weighted by atomic mass is 9.84. The van der Waals surface area contributed by atoms with E-state index in [1.807, 2.05) is 11.6 Å². The van der Waals surface area contributed by atoms with E-state index in [-0.39, 0.29) is 10.8 Å². The van der Waals surface area contributed by atoms with Crippen LogP contribution in [-0.2, 0) is 15.6 Å². The number of amides is 1. The van der Waals surface area contributed by atoms with E-state index < -0.39 is 0 Å². The minimum atomic E-state index is -0.263. The molecule has 2 heterocycles. The van der Waals surface area contributed by atoms with Crippen LogP contribution in [0, 0.1) is 0 Å². The first-order valence-electron chi connectivity index (χ1n) is 9.70. The number of hydrogen-bond acceptors (Lipinski definition) is 3. The highest BCUT2D eigenvalue weighted by Crippen LogP contribution is 2.50. The van der Waals surface area contributed by atoms with Crippen LogP contribution >= 0.6 is 11.3 Å². The van der Waals surface area contributed by atoms with Crippen LogP contribution < -0.4 is 0 Å². The Morgan fingerprint density at radius 2 is 1.96 bits per heavy atom. The number of piperidine rings is 1. The molecule has 1 saturated heterocycles. The fourth-order valence-electron chi connectivity index (χ4n) is 4.14. The van der Waals surface area contributed by atoms with Crippen molar-refractivity contribution in [2.75, 3.05) is 13.1 Å². The molecule has 1 aliphatic heterocycles. The minimum Gasteiger partial charge on any atom is -0.341 e. The first-order chi connectivity index (χ1) is 12.4. The van der Waals surface area contributed by atoms with Crippen molar-refractivity contribution in [1.82, 2.24) is 9.88 Å². The molecule has 1 saturated carbocycles. The third kappa shape index (κ3) is 3.20. The standard InChI is InChI=1S/C22H28N2OS/c1-21(2,3)17-6-8-18(9-7-17)22(10-11-22)20(25)24-13-4-5-16(15-24)19-23-12-14-26-19/h6-9,12,14,16H,4-5,10-11,13,15H2,1-3H3. The summed E-state index contributed by atoms with van der Waals surface area (Å²) < 4.78 is 0. The second kappa shape index (κ2) is 6.49. The average molecular weight is 369 g/mol. The lowest BCUT2D eigenvalue weighted by molar-refractivity contribution is -0.135. The molecule has 1 aromatic heterocycles. The van der Waals surface area contributed by atoms with Gasteiger partial charge in [-0.15, -0.1) is 11.3 Å². The van der Waals surface area contributed by atoms with Gasteiger partial charge in [0.2, 0.25) is 5.91 Å². The van der Waals surface area contributed by atoms with Crippen LogP contribution in [0.3, 0.4) is 0 Å². The summed E-state index contributed by atoms with van der Waals surface area (Å²) in [6.45, 7) is 8.41. The molecule has 138 valence electrons. The number of likely N-dealkylation sites (tertiary alicyclic amines) is 1. The van der Waals surface area contributed by atoms with Crippen LogP contribution in [0.25, 0.3) is 0 Å². The molecule has 0 radical (unpaired) electrons. The van der Waals surface area contributed by atoms with E-state index in [0.29, 0.717) is 11.8 Å². The monoisotopic (exact) mass is 368 g/mol. The van der Waals surface area contributed by atoms with Crippen LogP contribution in [0.4, 0.5) is 0 Å². The van der Waals surface area contributed by atoms with Gasteiger partial charge in [-0.1, -0.05) is 45.0 Å². The Kier molecular flexibility index (Phi) is 4.42. The largest absolute Gasteiger partial charge is 0.341 e. The summed E-state index contributed by atoms with van der Waals surface area (Å²) in [5, 5.41) is 3.22. The van der Waals surface area contributed by atoms with Crippen molar-refractivity contribution in [1.29, 1.82) is 0 Å². The summed E-state index contributed by atoms with van der Waals surface area (Å²) in [4.78, 5) is 20.0. The Morgan fingerprint density at radius 1 is 1.23 bits per heavy atom. The Balaban J connectivity index is 1.52. The minimum absolute atomic E-state index is 0.146. The number of carbonyl (C=O) groups excluding carboxylic acids is 1. The maximum absolute atomic E-state index is 13.4. The predicted molar refractivity (Wildman–Crippen MR) is 107 cm³/mol. The summed E-state index contributed by atoms with van der Waals surface area (Å²) in [5.41, 5.74) is 2.41. The van der Waals surface area contributed by atoms with Crippen molar-refractivity contribution in [3.8, 4) is 0 Å². The third-order valence-electron chi connectivity index (χ3n) is 5.97. The Bertz CT molecular complexity index is 769. The van der Waals surface area contributed by atoms with Gasteiger partial charge in [0.05, 0.1) is 10.4 Å². The number of carbonyl (C=O) groups is 1. The lowest BCUT2D eigenvalue weighted by Crippen LogP contribution is -2.44. The molecule has 1 atom stereocenters. The second-order valence-corrected chi connectivity index (χ2v) is 9.80. The van der Waals surface area contributed by atoms with Gasteiger partial charge in [-0.3, -0.25) is 4.79 Å². The quantitative estimate of drug-likeness (QED) is 0.774. The first kappa shape index (κ1) is 17.7. The molecular weight excluding hydrogens is 340 g/mol. The smallest absolute Gasteiger partial charge is 0.233 e. The highest BCUT2D eigenvalue weighted by molar-refractivity contribution is 7.09. The maximum atomic E-state index is 13.4. The summed E-state index contributed by atoms with van der Waals surface area (Å²) >= 11 is 1.72. The van der Waals surface area contributed by atoms with Crippen molar-refractivity contribution in [3.63, 3.8) is 0 Å². The fourth-order valence-corrected chi connectivity index (χ4v) is 4.91. The van der Waals surface area contributed by atoms with Crippen LogP contribution in [0.5, 0.6) is 0 Å². The van der Waals surface area contributed by atoms with Crippen molar-refractivity contribution < 1.29 is 4.79 Å². The molecule has 1 aliphatic carbocycles. The summed E-state index contributed by atoms with van der Waals surface area (Å²) in [5.74, 6) is 0.744. The molecule has 4 rings (SSSR count). The molecule has 0 N–H and O–H groups in total. The van der Waals surface area contributed by atoms with Crippen molar-refractivity contribution in [3.05, 3.63) is 52.0 Å². The molecule has 2 aromatic rings. The first-order valence-corrected chi connectivity index (χ1v) is 10.6. The van der Waals surface area contributed by atoms with E-state index in [2.05, 4.69) is 54.9 Å². The van der Waals surface area contributed by atoms with E-state index in [0.717, 1.165) is 38.8 Å². The molecule has 2 aliphatic rings. The molecular formula is C22H28N2OS. The van der Waals surface area contributed by atoms with Gasteiger partial charge in [-0.25, -0.2) is 4.98 Å². The second-order valence-electron chi connectivity index (χ2n) is 8.87.